The lowest BCUT2D eigenvalue weighted by atomic mass is 9.95. The molecule has 0 bridgehead atoms. The highest BCUT2D eigenvalue weighted by Gasteiger charge is 2.28. The molecule has 0 aromatic heterocycles. The van der Waals surface area contributed by atoms with Gasteiger partial charge in [-0.1, -0.05) is 41.9 Å². The van der Waals surface area contributed by atoms with Crippen molar-refractivity contribution in [1.29, 1.82) is 0 Å². The van der Waals surface area contributed by atoms with Crippen LogP contribution in [0.1, 0.15) is 21.5 Å². The molecule has 1 heterocycles. The fraction of sp³-hybridized carbons (Fsp3) is 0.316. The van der Waals surface area contributed by atoms with Crippen LogP contribution in [0.25, 0.3) is 0 Å². The molecule has 2 aromatic carbocycles. The van der Waals surface area contributed by atoms with Gasteiger partial charge in [0.05, 0.1) is 20.7 Å². The summed E-state index contributed by atoms with van der Waals surface area (Å²) in [5.41, 5.74) is 2.61. The third kappa shape index (κ3) is 3.61. The Balaban J connectivity index is 1.92. The minimum atomic E-state index is -0.207. The Morgan fingerprint density at radius 1 is 1.25 bits per heavy atom. The van der Waals surface area contributed by atoms with Crippen LogP contribution in [0.15, 0.2) is 42.5 Å². The number of Topliss-reactive ketones (excluding diaryl/α,β-unsaturated/α-hetero) is 1. The first-order valence-corrected chi connectivity index (χ1v) is 8.35. The fourth-order valence-corrected chi connectivity index (χ4v) is 3.25. The molecular weight excluding hydrogens is 326 g/mol. The predicted molar refractivity (Wildman–Crippen MR) is 92.8 cm³/mol. The molecule has 0 aliphatic carbocycles. The van der Waals surface area contributed by atoms with E-state index in [0.29, 0.717) is 18.1 Å². The van der Waals surface area contributed by atoms with Crippen LogP contribution in [0.5, 0.6) is 5.75 Å². The van der Waals surface area contributed by atoms with Gasteiger partial charge < -0.3 is 14.4 Å². The maximum Gasteiger partial charge on any atom is 0.220 e. The van der Waals surface area contributed by atoms with E-state index in [0.717, 1.165) is 27.3 Å². The van der Waals surface area contributed by atoms with Crippen LogP contribution in [0.2, 0.25) is 5.02 Å². The highest BCUT2D eigenvalue weighted by Crippen LogP contribution is 2.32. The highest BCUT2D eigenvalue weighted by molar-refractivity contribution is 6.30. The highest BCUT2D eigenvalue weighted by atomic mass is 35.5. The zero-order valence-electron chi connectivity index (χ0n) is 13.8. The van der Waals surface area contributed by atoms with Gasteiger partial charge in [-0.2, -0.15) is 0 Å². The molecule has 1 atom stereocenters. The van der Waals surface area contributed by atoms with Crippen molar-refractivity contribution in [3.8, 4) is 5.75 Å². The molecule has 0 spiro atoms. The predicted octanol–water partition coefficient (Wildman–Crippen LogP) is 2.15. The fourth-order valence-electron chi connectivity index (χ4n) is 2.99. The summed E-state index contributed by atoms with van der Waals surface area (Å²) < 4.78 is 11.0. The lowest BCUT2D eigenvalue weighted by Gasteiger charge is -2.25. The van der Waals surface area contributed by atoms with E-state index in [1.54, 1.807) is 0 Å². The number of carbonyl (C=O) groups excluding carboxylic acids is 1. The molecule has 0 radical (unpaired) electrons. The second-order valence-electron chi connectivity index (χ2n) is 6.23. The third-order valence-corrected chi connectivity index (χ3v) is 4.47. The zero-order valence-corrected chi connectivity index (χ0v) is 14.6. The third-order valence-electron chi connectivity index (χ3n) is 4.25. The Bertz CT molecular complexity index is 731. The Labute approximate surface area is 146 Å². The molecular formula is C19H21ClNO3+. The first-order valence-electron chi connectivity index (χ1n) is 7.97. The van der Waals surface area contributed by atoms with E-state index in [2.05, 4.69) is 0 Å². The second kappa shape index (κ2) is 7.34. The van der Waals surface area contributed by atoms with E-state index in [1.165, 1.54) is 0 Å². The zero-order chi connectivity index (χ0) is 17.1. The van der Waals surface area contributed by atoms with Gasteiger partial charge in [-0.05, 0) is 12.1 Å². The molecule has 0 saturated heterocycles. The number of nitrogens with one attached hydrogen (secondary N) is 1. The standard InChI is InChI=1S/C19H20ClNO3/c1-21(2)17(18(22)13-6-4-3-5-7-13)10-14-8-16(20)9-15-11-23-12-24-19(14)15/h3-9,17H,10-12H2,1-2H3/p+1/t17-/m1/s1. The summed E-state index contributed by atoms with van der Waals surface area (Å²) in [5, 5.41) is 0.637. The normalized spacial score (nSPS) is 14.8. The van der Waals surface area contributed by atoms with Crippen molar-refractivity contribution in [2.24, 2.45) is 0 Å². The van der Waals surface area contributed by atoms with Crippen molar-refractivity contribution in [2.75, 3.05) is 20.9 Å². The van der Waals surface area contributed by atoms with Crippen molar-refractivity contribution < 1.29 is 19.2 Å². The van der Waals surface area contributed by atoms with Gasteiger partial charge in [0, 0.05) is 28.1 Å². The van der Waals surface area contributed by atoms with E-state index in [1.807, 2.05) is 56.6 Å². The van der Waals surface area contributed by atoms with Crippen molar-refractivity contribution in [1.82, 2.24) is 0 Å². The minimum Gasteiger partial charge on any atom is -0.467 e. The molecule has 2 aromatic rings. The average Bonchev–Trinajstić information content (AvgIpc) is 2.59. The van der Waals surface area contributed by atoms with E-state index < -0.39 is 0 Å². The molecule has 126 valence electrons. The molecule has 1 aliphatic rings. The first-order chi connectivity index (χ1) is 11.6. The van der Waals surface area contributed by atoms with Crippen LogP contribution in [-0.2, 0) is 17.8 Å². The maximum absolute atomic E-state index is 12.9. The summed E-state index contributed by atoms with van der Waals surface area (Å²) in [6.45, 7) is 0.711. The second-order valence-corrected chi connectivity index (χ2v) is 6.66. The Morgan fingerprint density at radius 2 is 2.00 bits per heavy atom. The van der Waals surface area contributed by atoms with Crippen LogP contribution >= 0.6 is 11.6 Å². The number of hydrogen-bond acceptors (Lipinski definition) is 3. The van der Waals surface area contributed by atoms with E-state index in [-0.39, 0.29) is 18.6 Å². The number of quaternary nitrogens is 1. The van der Waals surface area contributed by atoms with Crippen LogP contribution in [0.4, 0.5) is 0 Å². The van der Waals surface area contributed by atoms with Crippen molar-refractivity contribution in [3.05, 3.63) is 64.2 Å². The summed E-state index contributed by atoms with van der Waals surface area (Å²) in [6.07, 6.45) is 0.568. The smallest absolute Gasteiger partial charge is 0.220 e. The van der Waals surface area contributed by atoms with E-state index in [4.69, 9.17) is 21.1 Å². The Morgan fingerprint density at radius 3 is 2.71 bits per heavy atom. The van der Waals surface area contributed by atoms with Gasteiger partial charge in [0.25, 0.3) is 0 Å². The molecule has 1 aliphatic heterocycles. The van der Waals surface area contributed by atoms with Crippen molar-refractivity contribution >= 4 is 17.4 Å². The number of carbonyl (C=O) groups is 1. The van der Waals surface area contributed by atoms with Gasteiger partial charge in [-0.25, -0.2) is 0 Å². The Kier molecular flexibility index (Phi) is 5.19. The number of rotatable bonds is 5. The van der Waals surface area contributed by atoms with Crippen molar-refractivity contribution in [3.63, 3.8) is 0 Å². The molecule has 5 heteroatoms. The van der Waals surface area contributed by atoms with E-state index >= 15 is 0 Å². The van der Waals surface area contributed by atoms with Gasteiger partial charge in [0.2, 0.25) is 5.78 Å². The molecule has 1 N–H and O–H groups in total. The van der Waals surface area contributed by atoms with Gasteiger partial charge in [-0.3, -0.25) is 4.79 Å². The van der Waals surface area contributed by atoms with Gasteiger partial charge in [0.1, 0.15) is 5.75 Å². The molecule has 3 rings (SSSR count). The van der Waals surface area contributed by atoms with Crippen LogP contribution in [-0.4, -0.2) is 32.7 Å². The summed E-state index contributed by atoms with van der Waals surface area (Å²) in [7, 11) is 3.99. The average molecular weight is 347 g/mol. The lowest BCUT2D eigenvalue weighted by molar-refractivity contribution is -0.874. The van der Waals surface area contributed by atoms with Gasteiger partial charge >= 0.3 is 0 Å². The number of fused-ring (bicyclic) bond motifs is 1. The minimum absolute atomic E-state index is 0.122. The SMILES string of the molecule is C[NH+](C)[C@H](Cc1cc(Cl)cc2c1OCOC2)C(=O)c1ccccc1. The molecule has 0 saturated carbocycles. The Hall–Kier alpha value is -1.88. The monoisotopic (exact) mass is 346 g/mol. The molecule has 24 heavy (non-hydrogen) atoms. The summed E-state index contributed by atoms with van der Waals surface area (Å²) >= 11 is 6.24. The van der Waals surface area contributed by atoms with Crippen molar-refractivity contribution in [2.45, 2.75) is 19.1 Å². The van der Waals surface area contributed by atoms with Gasteiger partial charge in [-0.15, -0.1) is 0 Å². The first kappa shape index (κ1) is 17.0. The molecule has 0 unspecified atom stereocenters. The number of likely N-dealkylation sites (N-methyl/N-ethyl adjacent to an activating group) is 1. The molecule has 0 fully saturated rings. The van der Waals surface area contributed by atoms with Crippen LogP contribution in [0.3, 0.4) is 0 Å². The lowest BCUT2D eigenvalue weighted by Crippen LogP contribution is -3.11. The summed E-state index contributed by atoms with van der Waals surface area (Å²) in [6, 6.07) is 12.9. The topological polar surface area (TPSA) is 40.0 Å². The van der Waals surface area contributed by atoms with E-state index in [9.17, 15) is 4.79 Å². The number of ketones is 1. The molecule has 0 amide bonds. The van der Waals surface area contributed by atoms with Crippen LogP contribution in [0, 0.1) is 0 Å². The largest absolute Gasteiger partial charge is 0.467 e. The van der Waals surface area contributed by atoms with Gasteiger partial charge in [0.15, 0.2) is 12.8 Å². The number of benzene rings is 2. The summed E-state index contributed by atoms with van der Waals surface area (Å²) in [5.74, 6) is 0.925. The number of halogens is 1. The summed E-state index contributed by atoms with van der Waals surface area (Å²) in [4.78, 5) is 14.0. The quantitative estimate of drug-likeness (QED) is 0.843. The maximum atomic E-state index is 12.9. The molecule has 4 nitrogen and oxygen atoms in total. The number of ether oxygens (including phenoxy) is 2. The van der Waals surface area contributed by atoms with Crippen LogP contribution < -0.4 is 9.64 Å². The number of hydrogen-bond donors (Lipinski definition) is 1.